The van der Waals surface area contributed by atoms with Gasteiger partial charge < -0.3 is 9.84 Å². The molecule has 0 aliphatic rings. The van der Waals surface area contributed by atoms with Crippen molar-refractivity contribution in [2.45, 2.75) is 33.3 Å². The standard InChI is InChI=1S/C12H16O3/c1-8-4-5-11(9(2)6-8)15-10(3)7-12(13)14/h4-6,10H,7H2,1-3H3,(H,13,14). The number of ether oxygens (including phenoxy) is 1. The fourth-order valence-corrected chi connectivity index (χ4v) is 1.44. The van der Waals surface area contributed by atoms with Crippen LogP contribution in [0.4, 0.5) is 0 Å². The van der Waals surface area contributed by atoms with Gasteiger partial charge in [0.05, 0.1) is 6.42 Å². The highest BCUT2D eigenvalue weighted by Crippen LogP contribution is 2.20. The minimum atomic E-state index is -0.840. The van der Waals surface area contributed by atoms with Gasteiger partial charge in [-0.15, -0.1) is 0 Å². The van der Waals surface area contributed by atoms with Crippen molar-refractivity contribution in [1.29, 1.82) is 0 Å². The molecular formula is C12H16O3. The van der Waals surface area contributed by atoms with E-state index in [-0.39, 0.29) is 12.5 Å². The topological polar surface area (TPSA) is 46.5 Å². The second-order valence-corrected chi connectivity index (χ2v) is 3.80. The van der Waals surface area contributed by atoms with Crippen molar-refractivity contribution in [3.8, 4) is 5.75 Å². The molecule has 0 spiro atoms. The van der Waals surface area contributed by atoms with E-state index in [4.69, 9.17) is 9.84 Å². The van der Waals surface area contributed by atoms with Crippen molar-refractivity contribution < 1.29 is 14.6 Å². The molecule has 0 bridgehead atoms. The molecule has 1 unspecified atom stereocenters. The summed E-state index contributed by atoms with van der Waals surface area (Å²) in [4.78, 5) is 10.5. The fourth-order valence-electron chi connectivity index (χ4n) is 1.44. The number of benzene rings is 1. The van der Waals surface area contributed by atoms with Crippen molar-refractivity contribution in [2.75, 3.05) is 0 Å². The molecule has 0 aromatic heterocycles. The van der Waals surface area contributed by atoms with Gasteiger partial charge in [-0.2, -0.15) is 0 Å². The number of hydrogen-bond acceptors (Lipinski definition) is 2. The Labute approximate surface area is 89.7 Å². The van der Waals surface area contributed by atoms with Crippen LogP contribution in [0.5, 0.6) is 5.75 Å². The highest BCUT2D eigenvalue weighted by Gasteiger charge is 2.10. The summed E-state index contributed by atoms with van der Waals surface area (Å²) in [6.07, 6.45) is -0.281. The number of aryl methyl sites for hydroxylation is 2. The number of aliphatic carboxylic acids is 1. The van der Waals surface area contributed by atoms with E-state index in [1.165, 1.54) is 5.56 Å². The lowest BCUT2D eigenvalue weighted by atomic mass is 10.1. The molecule has 3 nitrogen and oxygen atoms in total. The molecule has 0 aliphatic carbocycles. The summed E-state index contributed by atoms with van der Waals surface area (Å²) < 4.78 is 5.53. The average molecular weight is 208 g/mol. The Morgan fingerprint density at radius 3 is 2.67 bits per heavy atom. The van der Waals surface area contributed by atoms with E-state index in [9.17, 15) is 4.79 Å². The van der Waals surface area contributed by atoms with E-state index in [1.54, 1.807) is 6.92 Å². The Hall–Kier alpha value is -1.51. The highest BCUT2D eigenvalue weighted by atomic mass is 16.5. The third-order valence-corrected chi connectivity index (χ3v) is 2.12. The Morgan fingerprint density at radius 2 is 2.13 bits per heavy atom. The van der Waals surface area contributed by atoms with Crippen molar-refractivity contribution in [1.82, 2.24) is 0 Å². The van der Waals surface area contributed by atoms with Crippen LogP contribution in [0.2, 0.25) is 0 Å². The molecule has 1 N–H and O–H groups in total. The first-order chi connectivity index (χ1) is 6.99. The van der Waals surface area contributed by atoms with Crippen LogP contribution < -0.4 is 4.74 Å². The maximum Gasteiger partial charge on any atom is 0.307 e. The normalized spacial score (nSPS) is 12.2. The van der Waals surface area contributed by atoms with E-state index in [1.807, 2.05) is 32.0 Å². The maximum atomic E-state index is 10.5. The smallest absolute Gasteiger partial charge is 0.307 e. The second-order valence-electron chi connectivity index (χ2n) is 3.80. The summed E-state index contributed by atoms with van der Waals surface area (Å²) in [6.45, 7) is 5.72. The van der Waals surface area contributed by atoms with Crippen LogP contribution in [0.3, 0.4) is 0 Å². The highest BCUT2D eigenvalue weighted by molar-refractivity contribution is 5.67. The molecule has 0 heterocycles. The summed E-state index contributed by atoms with van der Waals surface area (Å²) in [5, 5.41) is 8.60. The van der Waals surface area contributed by atoms with E-state index < -0.39 is 5.97 Å². The molecule has 0 saturated carbocycles. The summed E-state index contributed by atoms with van der Waals surface area (Å²) >= 11 is 0. The molecule has 1 aromatic rings. The fraction of sp³-hybridized carbons (Fsp3) is 0.417. The van der Waals surface area contributed by atoms with Crippen LogP contribution in [-0.4, -0.2) is 17.2 Å². The minimum Gasteiger partial charge on any atom is -0.490 e. The van der Waals surface area contributed by atoms with Crippen LogP contribution in [0.25, 0.3) is 0 Å². The first-order valence-electron chi connectivity index (χ1n) is 4.94. The maximum absolute atomic E-state index is 10.5. The summed E-state index contributed by atoms with van der Waals surface area (Å²) in [5.74, 6) is -0.0818. The average Bonchev–Trinajstić information content (AvgIpc) is 2.08. The summed E-state index contributed by atoms with van der Waals surface area (Å²) in [7, 11) is 0. The Balaban J connectivity index is 2.68. The third-order valence-electron chi connectivity index (χ3n) is 2.12. The third kappa shape index (κ3) is 3.62. The summed E-state index contributed by atoms with van der Waals surface area (Å²) in [6, 6.07) is 5.85. The lowest BCUT2D eigenvalue weighted by molar-refractivity contribution is -0.138. The van der Waals surface area contributed by atoms with Gasteiger partial charge in [0.25, 0.3) is 0 Å². The predicted octanol–water partition coefficient (Wildman–Crippen LogP) is 2.55. The van der Waals surface area contributed by atoms with Gasteiger partial charge in [-0.1, -0.05) is 17.7 Å². The van der Waals surface area contributed by atoms with Gasteiger partial charge in [-0.25, -0.2) is 0 Å². The molecular weight excluding hydrogens is 192 g/mol. The number of rotatable bonds is 4. The van der Waals surface area contributed by atoms with E-state index in [2.05, 4.69) is 0 Å². The SMILES string of the molecule is Cc1ccc(OC(C)CC(=O)O)c(C)c1. The van der Waals surface area contributed by atoms with Gasteiger partial charge in [0.2, 0.25) is 0 Å². The zero-order chi connectivity index (χ0) is 11.4. The van der Waals surface area contributed by atoms with Gasteiger partial charge in [-0.3, -0.25) is 4.79 Å². The largest absolute Gasteiger partial charge is 0.490 e. The lowest BCUT2D eigenvalue weighted by Gasteiger charge is -2.14. The molecule has 0 aliphatic heterocycles. The first-order valence-corrected chi connectivity index (χ1v) is 4.94. The molecule has 1 rings (SSSR count). The molecule has 0 amide bonds. The molecule has 1 aromatic carbocycles. The summed E-state index contributed by atoms with van der Waals surface area (Å²) in [5.41, 5.74) is 2.21. The van der Waals surface area contributed by atoms with Crippen molar-refractivity contribution in [3.05, 3.63) is 29.3 Å². The molecule has 0 radical (unpaired) electrons. The second kappa shape index (κ2) is 4.82. The molecule has 15 heavy (non-hydrogen) atoms. The zero-order valence-electron chi connectivity index (χ0n) is 9.28. The Bertz CT molecular complexity index is 358. The van der Waals surface area contributed by atoms with Crippen molar-refractivity contribution in [2.24, 2.45) is 0 Å². The molecule has 1 atom stereocenters. The van der Waals surface area contributed by atoms with E-state index in [0.717, 1.165) is 11.3 Å². The predicted molar refractivity (Wildman–Crippen MR) is 58.3 cm³/mol. The number of carboxylic acid groups (broad SMARTS) is 1. The van der Waals surface area contributed by atoms with E-state index in [0.29, 0.717) is 0 Å². The Kier molecular flexibility index (Phi) is 3.72. The lowest BCUT2D eigenvalue weighted by Crippen LogP contribution is -2.17. The van der Waals surface area contributed by atoms with Crippen LogP contribution in [0.15, 0.2) is 18.2 Å². The van der Waals surface area contributed by atoms with Gasteiger partial charge in [-0.05, 0) is 32.4 Å². The Morgan fingerprint density at radius 1 is 1.47 bits per heavy atom. The van der Waals surface area contributed by atoms with Crippen LogP contribution in [0.1, 0.15) is 24.5 Å². The quantitative estimate of drug-likeness (QED) is 0.827. The number of hydrogen-bond donors (Lipinski definition) is 1. The van der Waals surface area contributed by atoms with Crippen LogP contribution >= 0.6 is 0 Å². The van der Waals surface area contributed by atoms with Gasteiger partial charge in [0.1, 0.15) is 11.9 Å². The van der Waals surface area contributed by atoms with Crippen molar-refractivity contribution >= 4 is 5.97 Å². The monoisotopic (exact) mass is 208 g/mol. The van der Waals surface area contributed by atoms with Gasteiger partial charge in [0.15, 0.2) is 0 Å². The molecule has 82 valence electrons. The van der Waals surface area contributed by atoms with E-state index >= 15 is 0 Å². The molecule has 3 heteroatoms. The van der Waals surface area contributed by atoms with Crippen LogP contribution in [0, 0.1) is 13.8 Å². The van der Waals surface area contributed by atoms with Gasteiger partial charge >= 0.3 is 5.97 Å². The van der Waals surface area contributed by atoms with Crippen molar-refractivity contribution in [3.63, 3.8) is 0 Å². The first kappa shape index (κ1) is 11.6. The van der Waals surface area contributed by atoms with Gasteiger partial charge in [0, 0.05) is 0 Å². The molecule has 0 saturated heterocycles. The minimum absolute atomic E-state index is 0.0211. The number of carbonyl (C=O) groups is 1. The van der Waals surface area contributed by atoms with Crippen LogP contribution in [-0.2, 0) is 4.79 Å². The zero-order valence-corrected chi connectivity index (χ0v) is 9.28. The molecule has 0 fully saturated rings. The number of carboxylic acids is 1.